The molecular weight excluding hydrogens is 418 g/mol. The molecule has 2 aromatic carbocycles. The van der Waals surface area contributed by atoms with Gasteiger partial charge in [0, 0.05) is 30.8 Å². The average molecular weight is 450 g/mol. The predicted molar refractivity (Wildman–Crippen MR) is 127 cm³/mol. The van der Waals surface area contributed by atoms with Gasteiger partial charge in [-0.3, -0.25) is 14.4 Å². The largest absolute Gasteiger partial charge is 0.497 e. The predicted octanol–water partition coefficient (Wildman–Crippen LogP) is 2.96. The van der Waals surface area contributed by atoms with Crippen LogP contribution in [0.2, 0.25) is 0 Å². The van der Waals surface area contributed by atoms with Crippen molar-refractivity contribution < 1.29 is 19.1 Å². The van der Waals surface area contributed by atoms with Crippen molar-refractivity contribution in [2.45, 2.75) is 25.8 Å². The highest BCUT2D eigenvalue weighted by atomic mass is 16.5. The summed E-state index contributed by atoms with van der Waals surface area (Å²) in [5, 5.41) is 5.70. The molecule has 0 bridgehead atoms. The molecule has 2 aromatic rings. The second-order valence-electron chi connectivity index (χ2n) is 8.16. The van der Waals surface area contributed by atoms with Crippen LogP contribution in [0.1, 0.15) is 39.1 Å². The second kappa shape index (κ2) is 11.3. The minimum absolute atomic E-state index is 0.00137. The van der Waals surface area contributed by atoms with Crippen molar-refractivity contribution in [1.29, 1.82) is 0 Å². The Bertz CT molecular complexity index is 995. The van der Waals surface area contributed by atoms with Gasteiger partial charge >= 0.3 is 0 Å². The van der Waals surface area contributed by atoms with E-state index in [1.807, 2.05) is 36.1 Å². The second-order valence-corrected chi connectivity index (χ2v) is 8.16. The van der Waals surface area contributed by atoms with E-state index in [1.165, 1.54) is 0 Å². The fourth-order valence-corrected chi connectivity index (χ4v) is 4.07. The van der Waals surface area contributed by atoms with Crippen molar-refractivity contribution in [1.82, 2.24) is 15.5 Å². The van der Waals surface area contributed by atoms with E-state index in [0.717, 1.165) is 5.56 Å². The Balaban J connectivity index is 1.69. The zero-order valence-electron chi connectivity index (χ0n) is 19.2. The van der Waals surface area contributed by atoms with Gasteiger partial charge in [0.2, 0.25) is 5.91 Å². The van der Waals surface area contributed by atoms with Crippen molar-refractivity contribution >= 4 is 17.7 Å². The van der Waals surface area contributed by atoms with E-state index in [0.29, 0.717) is 49.4 Å². The van der Waals surface area contributed by atoms with Crippen molar-refractivity contribution in [3.63, 3.8) is 0 Å². The summed E-state index contributed by atoms with van der Waals surface area (Å²) >= 11 is 0. The molecule has 3 rings (SSSR count). The third-order valence-electron chi connectivity index (χ3n) is 6.02. The Labute approximate surface area is 194 Å². The molecule has 1 fully saturated rings. The first-order chi connectivity index (χ1) is 15.9. The van der Waals surface area contributed by atoms with E-state index >= 15 is 0 Å². The Kier molecular flexibility index (Phi) is 8.24. The molecule has 7 nitrogen and oxygen atoms in total. The van der Waals surface area contributed by atoms with Crippen LogP contribution in [0.4, 0.5) is 0 Å². The normalized spacial score (nSPS) is 14.8. The molecule has 1 atom stereocenters. The third kappa shape index (κ3) is 6.00. The highest BCUT2D eigenvalue weighted by molar-refractivity contribution is 5.98. The van der Waals surface area contributed by atoms with E-state index in [1.54, 1.807) is 37.5 Å². The Morgan fingerprint density at radius 1 is 1.12 bits per heavy atom. The highest BCUT2D eigenvalue weighted by Crippen LogP contribution is 2.24. The topological polar surface area (TPSA) is 87.7 Å². The van der Waals surface area contributed by atoms with Crippen LogP contribution < -0.4 is 15.4 Å². The van der Waals surface area contributed by atoms with Crippen LogP contribution in [0.15, 0.2) is 61.2 Å². The fourth-order valence-electron chi connectivity index (χ4n) is 4.07. The summed E-state index contributed by atoms with van der Waals surface area (Å²) in [6.07, 6.45) is 2.84. The molecule has 1 saturated heterocycles. The summed E-state index contributed by atoms with van der Waals surface area (Å²) in [5.74, 6) is -0.00723. The van der Waals surface area contributed by atoms with E-state index in [-0.39, 0.29) is 23.6 Å². The number of nitrogens with zero attached hydrogens (tertiary/aromatic N) is 1. The maximum Gasteiger partial charge on any atom is 0.254 e. The van der Waals surface area contributed by atoms with Crippen molar-refractivity contribution in [2.75, 3.05) is 26.7 Å². The lowest BCUT2D eigenvalue weighted by molar-refractivity contribution is -0.124. The standard InChI is InChI=1S/C26H31N3O4/c1-4-15-27-25(31)23(28-24(30)20-9-11-21(33-3)12-10-20)19-13-16-29(17-14-19)26(32)22-8-6-5-7-18(22)2/h4-12,19,23H,1,13-17H2,2-3H3,(H,27,31)(H,28,30)/t23-/m0/s1. The summed E-state index contributed by atoms with van der Waals surface area (Å²) in [6, 6.07) is 13.6. The Morgan fingerprint density at radius 3 is 2.39 bits per heavy atom. The number of hydrogen-bond acceptors (Lipinski definition) is 4. The van der Waals surface area contributed by atoms with Gasteiger partial charge < -0.3 is 20.3 Å². The summed E-state index contributed by atoms with van der Waals surface area (Å²) < 4.78 is 5.14. The number of likely N-dealkylation sites (tertiary alicyclic amines) is 1. The molecule has 0 unspecified atom stereocenters. The number of rotatable bonds is 8. The molecule has 0 spiro atoms. The van der Waals surface area contributed by atoms with E-state index in [2.05, 4.69) is 17.2 Å². The monoisotopic (exact) mass is 449 g/mol. The molecule has 2 N–H and O–H groups in total. The SMILES string of the molecule is C=CCNC(=O)[C@@H](NC(=O)c1ccc(OC)cc1)C1CCN(C(=O)c2ccccc2C)CC1. The molecule has 7 heteroatoms. The van der Waals surface area contributed by atoms with Crippen LogP contribution >= 0.6 is 0 Å². The number of benzene rings is 2. The summed E-state index contributed by atoms with van der Waals surface area (Å²) in [5.41, 5.74) is 2.09. The van der Waals surface area contributed by atoms with Gasteiger partial charge in [-0.15, -0.1) is 6.58 Å². The van der Waals surface area contributed by atoms with Gasteiger partial charge in [0.15, 0.2) is 0 Å². The molecule has 0 saturated carbocycles. The summed E-state index contributed by atoms with van der Waals surface area (Å²) in [4.78, 5) is 40.5. The number of carbonyl (C=O) groups is 3. The number of aryl methyl sites for hydroxylation is 1. The first-order valence-corrected chi connectivity index (χ1v) is 11.1. The molecule has 0 aromatic heterocycles. The molecule has 1 aliphatic rings. The number of carbonyl (C=O) groups excluding carboxylic acids is 3. The van der Waals surface area contributed by atoms with Gasteiger partial charge in [0.25, 0.3) is 11.8 Å². The smallest absolute Gasteiger partial charge is 0.254 e. The van der Waals surface area contributed by atoms with Gasteiger partial charge in [0.05, 0.1) is 7.11 Å². The third-order valence-corrected chi connectivity index (χ3v) is 6.02. The molecule has 0 radical (unpaired) electrons. The zero-order chi connectivity index (χ0) is 23.8. The first kappa shape index (κ1) is 24.0. The molecule has 174 valence electrons. The van der Waals surface area contributed by atoms with Gasteiger partial charge in [-0.2, -0.15) is 0 Å². The molecule has 1 aliphatic heterocycles. The van der Waals surface area contributed by atoms with E-state index in [9.17, 15) is 14.4 Å². The van der Waals surface area contributed by atoms with Crippen LogP contribution in [0, 0.1) is 12.8 Å². The maximum atomic E-state index is 12.9. The van der Waals surface area contributed by atoms with E-state index in [4.69, 9.17) is 4.74 Å². The lowest BCUT2D eigenvalue weighted by atomic mass is 9.88. The lowest BCUT2D eigenvalue weighted by Gasteiger charge is -2.36. The molecule has 33 heavy (non-hydrogen) atoms. The first-order valence-electron chi connectivity index (χ1n) is 11.1. The van der Waals surface area contributed by atoms with Gasteiger partial charge in [-0.05, 0) is 61.6 Å². The molecule has 1 heterocycles. The number of nitrogens with one attached hydrogen (secondary N) is 2. The van der Waals surface area contributed by atoms with Crippen molar-refractivity contribution in [3.8, 4) is 5.75 Å². The molecular formula is C26H31N3O4. The quantitative estimate of drug-likeness (QED) is 0.607. The highest BCUT2D eigenvalue weighted by Gasteiger charge is 2.34. The van der Waals surface area contributed by atoms with Crippen LogP contribution in [0.25, 0.3) is 0 Å². The van der Waals surface area contributed by atoms with E-state index < -0.39 is 6.04 Å². The van der Waals surface area contributed by atoms with Gasteiger partial charge in [-0.1, -0.05) is 24.3 Å². The number of amides is 3. The maximum absolute atomic E-state index is 12.9. The van der Waals surface area contributed by atoms with Crippen LogP contribution in [-0.4, -0.2) is 55.4 Å². The minimum atomic E-state index is -0.699. The number of piperidine rings is 1. The minimum Gasteiger partial charge on any atom is -0.497 e. The Morgan fingerprint density at radius 2 is 1.79 bits per heavy atom. The van der Waals surface area contributed by atoms with Crippen LogP contribution in [0.3, 0.4) is 0 Å². The number of methoxy groups -OCH3 is 1. The fraction of sp³-hybridized carbons (Fsp3) is 0.346. The number of hydrogen-bond donors (Lipinski definition) is 2. The zero-order valence-corrected chi connectivity index (χ0v) is 19.2. The molecule has 0 aliphatic carbocycles. The van der Waals surface area contributed by atoms with Gasteiger partial charge in [-0.25, -0.2) is 0 Å². The van der Waals surface area contributed by atoms with Crippen molar-refractivity contribution in [3.05, 3.63) is 77.9 Å². The average Bonchev–Trinajstić information content (AvgIpc) is 2.85. The van der Waals surface area contributed by atoms with Crippen LogP contribution in [0.5, 0.6) is 5.75 Å². The van der Waals surface area contributed by atoms with Crippen molar-refractivity contribution in [2.24, 2.45) is 5.92 Å². The summed E-state index contributed by atoms with van der Waals surface area (Å²) in [6.45, 7) is 6.94. The molecule has 3 amide bonds. The van der Waals surface area contributed by atoms with Crippen LogP contribution in [-0.2, 0) is 4.79 Å². The lowest BCUT2D eigenvalue weighted by Crippen LogP contribution is -2.53. The number of ether oxygens (including phenoxy) is 1. The van der Waals surface area contributed by atoms with Gasteiger partial charge in [0.1, 0.15) is 11.8 Å². The Hall–Kier alpha value is -3.61. The summed E-state index contributed by atoms with van der Waals surface area (Å²) in [7, 11) is 1.56.